The second-order valence-corrected chi connectivity index (χ2v) is 4.34. The lowest BCUT2D eigenvalue weighted by molar-refractivity contribution is 0.229. The van der Waals surface area contributed by atoms with E-state index in [1.807, 2.05) is 0 Å². The third kappa shape index (κ3) is 2.27. The van der Waals surface area contributed by atoms with E-state index in [4.69, 9.17) is 16.3 Å². The summed E-state index contributed by atoms with van der Waals surface area (Å²) in [7, 11) is 2.09. The largest absolute Gasteiger partial charge is 0.369 e. The molecule has 1 unspecified atom stereocenters. The van der Waals surface area contributed by atoms with Crippen LogP contribution >= 0.6 is 11.6 Å². The smallest absolute Gasteiger partial charge is 0.186 e. The number of anilines is 1. The van der Waals surface area contributed by atoms with Gasteiger partial charge >= 0.3 is 0 Å². The van der Waals surface area contributed by atoms with Gasteiger partial charge in [-0.2, -0.15) is 0 Å². The molecule has 0 spiro atoms. The summed E-state index contributed by atoms with van der Waals surface area (Å²) in [6.07, 6.45) is 0.812. The molecule has 2 nitrogen and oxygen atoms in total. The molecule has 1 saturated heterocycles. The molecule has 0 N–H and O–H groups in total. The van der Waals surface area contributed by atoms with Crippen LogP contribution in [0.15, 0.2) is 24.3 Å². The molecule has 0 saturated carbocycles. The summed E-state index contributed by atoms with van der Waals surface area (Å²) in [6.45, 7) is 2.80. The van der Waals surface area contributed by atoms with Gasteiger partial charge < -0.3 is 9.64 Å². The average molecular weight is 225 g/mol. The van der Waals surface area contributed by atoms with Crippen molar-refractivity contribution in [2.75, 3.05) is 18.6 Å². The Bertz CT molecular complexity index is 342. The first-order valence-corrected chi connectivity index (χ1v) is 5.49. The molecule has 0 aliphatic carbocycles. The molecule has 1 fully saturated rings. The van der Waals surface area contributed by atoms with Gasteiger partial charge in [0.15, 0.2) is 5.56 Å². The Morgan fingerprint density at radius 1 is 1.40 bits per heavy atom. The molecule has 1 atom stereocenters. The molecule has 1 aromatic rings. The third-order valence-corrected chi connectivity index (χ3v) is 3.14. The highest BCUT2D eigenvalue weighted by molar-refractivity contribution is 6.25. The van der Waals surface area contributed by atoms with E-state index in [2.05, 4.69) is 43.1 Å². The molecule has 0 amide bonds. The molecular formula is C12H15ClNO. The molecule has 1 aliphatic rings. The summed E-state index contributed by atoms with van der Waals surface area (Å²) >= 11 is 5.85. The Kier molecular flexibility index (Phi) is 3.17. The molecular weight excluding hydrogens is 210 g/mol. The first-order chi connectivity index (χ1) is 7.18. The number of hydrogen-bond acceptors (Lipinski definition) is 2. The zero-order valence-electron chi connectivity index (χ0n) is 9.03. The fourth-order valence-corrected chi connectivity index (χ4v) is 2.14. The second kappa shape index (κ2) is 4.42. The standard InChI is InChI=1S/C12H15ClNO/c1-9-5-3-4-6-11(9)14(2)10-7-12(13)15-8-10/h3-6,10H,7-8H2,1-2H3. The number of hydrogen-bond donors (Lipinski definition) is 0. The van der Waals surface area contributed by atoms with Gasteiger partial charge in [0.1, 0.15) is 0 Å². The van der Waals surface area contributed by atoms with E-state index >= 15 is 0 Å². The molecule has 15 heavy (non-hydrogen) atoms. The van der Waals surface area contributed by atoms with Crippen LogP contribution < -0.4 is 4.90 Å². The zero-order valence-corrected chi connectivity index (χ0v) is 9.79. The van der Waals surface area contributed by atoms with Crippen molar-refractivity contribution >= 4 is 17.3 Å². The van der Waals surface area contributed by atoms with E-state index in [1.54, 1.807) is 0 Å². The van der Waals surface area contributed by atoms with Crippen molar-refractivity contribution in [1.82, 2.24) is 0 Å². The van der Waals surface area contributed by atoms with E-state index in [9.17, 15) is 0 Å². The minimum Gasteiger partial charge on any atom is -0.369 e. The van der Waals surface area contributed by atoms with Gasteiger partial charge in [0, 0.05) is 19.2 Å². The first-order valence-electron chi connectivity index (χ1n) is 5.11. The Morgan fingerprint density at radius 3 is 2.73 bits per heavy atom. The maximum Gasteiger partial charge on any atom is 0.186 e. The van der Waals surface area contributed by atoms with Crippen LogP contribution in [0, 0.1) is 12.5 Å². The van der Waals surface area contributed by atoms with Gasteiger partial charge in [-0.15, -0.1) is 0 Å². The number of ether oxygens (including phenoxy) is 1. The van der Waals surface area contributed by atoms with Crippen molar-refractivity contribution in [3.63, 3.8) is 0 Å². The van der Waals surface area contributed by atoms with Crippen molar-refractivity contribution in [1.29, 1.82) is 0 Å². The van der Waals surface area contributed by atoms with Gasteiger partial charge in [0.2, 0.25) is 0 Å². The summed E-state index contributed by atoms with van der Waals surface area (Å²) in [5, 5.41) is 0. The summed E-state index contributed by atoms with van der Waals surface area (Å²) in [6, 6.07) is 8.71. The van der Waals surface area contributed by atoms with Crippen LogP contribution in [0.2, 0.25) is 0 Å². The van der Waals surface area contributed by atoms with Gasteiger partial charge in [-0.05, 0) is 18.6 Å². The minimum absolute atomic E-state index is 0.360. The molecule has 1 heterocycles. The van der Waals surface area contributed by atoms with Crippen LogP contribution in [-0.2, 0) is 4.74 Å². The number of aryl methyl sites for hydroxylation is 1. The van der Waals surface area contributed by atoms with Crippen molar-refractivity contribution in [2.24, 2.45) is 0 Å². The highest BCUT2D eigenvalue weighted by atomic mass is 35.5. The predicted octanol–water partition coefficient (Wildman–Crippen LogP) is 2.95. The second-order valence-electron chi connectivity index (χ2n) is 3.92. The summed E-state index contributed by atoms with van der Waals surface area (Å²) < 4.78 is 5.29. The van der Waals surface area contributed by atoms with E-state index in [0.717, 1.165) is 6.42 Å². The van der Waals surface area contributed by atoms with Crippen molar-refractivity contribution in [2.45, 2.75) is 19.4 Å². The van der Waals surface area contributed by atoms with E-state index in [1.165, 1.54) is 11.3 Å². The van der Waals surface area contributed by atoms with Gasteiger partial charge in [-0.3, -0.25) is 0 Å². The topological polar surface area (TPSA) is 12.5 Å². The van der Waals surface area contributed by atoms with E-state index in [0.29, 0.717) is 18.2 Å². The molecule has 1 aromatic carbocycles. The fraction of sp³-hybridized carbons (Fsp3) is 0.417. The first kappa shape index (κ1) is 10.8. The third-order valence-electron chi connectivity index (χ3n) is 2.87. The Morgan fingerprint density at radius 2 is 2.13 bits per heavy atom. The SMILES string of the molecule is Cc1ccccc1N(C)C1CO[C](Cl)C1. The van der Waals surface area contributed by atoms with Crippen molar-refractivity contribution in [3.8, 4) is 0 Å². The van der Waals surface area contributed by atoms with Crippen LogP contribution in [0.25, 0.3) is 0 Å². The molecule has 2 rings (SSSR count). The molecule has 1 aliphatic heterocycles. The quantitative estimate of drug-likeness (QED) is 0.766. The predicted molar refractivity (Wildman–Crippen MR) is 63.0 cm³/mol. The lowest BCUT2D eigenvalue weighted by Crippen LogP contribution is -2.32. The van der Waals surface area contributed by atoms with E-state index < -0.39 is 0 Å². The Hall–Kier alpha value is -0.730. The van der Waals surface area contributed by atoms with Crippen LogP contribution in [0.1, 0.15) is 12.0 Å². The highest BCUT2D eigenvalue weighted by Gasteiger charge is 2.28. The lowest BCUT2D eigenvalue weighted by Gasteiger charge is -2.26. The number of para-hydroxylation sites is 1. The van der Waals surface area contributed by atoms with Gasteiger partial charge in [-0.1, -0.05) is 29.8 Å². The van der Waals surface area contributed by atoms with Crippen LogP contribution in [0.4, 0.5) is 5.69 Å². The van der Waals surface area contributed by atoms with Crippen molar-refractivity contribution in [3.05, 3.63) is 35.4 Å². The number of benzene rings is 1. The number of likely N-dealkylation sites (N-methyl/N-ethyl adjacent to an activating group) is 1. The minimum atomic E-state index is 0.360. The van der Waals surface area contributed by atoms with Gasteiger partial charge in [0.05, 0.1) is 12.6 Å². The number of halogens is 1. The normalized spacial score (nSPS) is 21.9. The molecule has 1 radical (unpaired) electrons. The van der Waals surface area contributed by atoms with Crippen molar-refractivity contribution < 1.29 is 4.74 Å². The molecule has 0 aromatic heterocycles. The molecule has 3 heteroatoms. The van der Waals surface area contributed by atoms with Gasteiger partial charge in [-0.25, -0.2) is 0 Å². The maximum atomic E-state index is 5.85. The Balaban J connectivity index is 2.14. The van der Waals surface area contributed by atoms with Gasteiger partial charge in [0.25, 0.3) is 0 Å². The monoisotopic (exact) mass is 224 g/mol. The lowest BCUT2D eigenvalue weighted by atomic mass is 10.1. The molecule has 81 valence electrons. The van der Waals surface area contributed by atoms with E-state index in [-0.39, 0.29) is 0 Å². The fourth-order valence-electron chi connectivity index (χ4n) is 1.89. The van der Waals surface area contributed by atoms with Crippen LogP contribution in [-0.4, -0.2) is 19.7 Å². The summed E-state index contributed by atoms with van der Waals surface area (Å²) in [5.74, 6) is 0. The zero-order chi connectivity index (χ0) is 10.8. The average Bonchev–Trinajstić information content (AvgIpc) is 2.65. The maximum absolute atomic E-state index is 5.85. The summed E-state index contributed by atoms with van der Waals surface area (Å²) in [4.78, 5) is 2.24. The molecule has 0 bridgehead atoms. The van der Waals surface area contributed by atoms with Crippen LogP contribution in [0.3, 0.4) is 0 Å². The number of nitrogens with zero attached hydrogens (tertiary/aromatic N) is 1. The highest BCUT2D eigenvalue weighted by Crippen LogP contribution is 2.30. The summed E-state index contributed by atoms with van der Waals surface area (Å²) in [5.41, 5.74) is 3.15. The Labute approximate surface area is 95.8 Å². The number of rotatable bonds is 2. The van der Waals surface area contributed by atoms with Crippen LogP contribution in [0.5, 0.6) is 0 Å².